The Kier molecular flexibility index (Phi) is 2.74. The molecule has 2 saturated carbocycles. The highest BCUT2D eigenvalue weighted by atomic mass is 19.1. The molecule has 1 aromatic carbocycles. The van der Waals surface area contributed by atoms with Crippen molar-refractivity contribution >= 4 is 0 Å². The Morgan fingerprint density at radius 3 is 2.61 bits per heavy atom. The van der Waals surface area contributed by atoms with Gasteiger partial charge in [-0.15, -0.1) is 0 Å². The predicted molar refractivity (Wildman–Crippen MR) is 69.6 cm³/mol. The van der Waals surface area contributed by atoms with Gasteiger partial charge in [0.15, 0.2) is 0 Å². The third kappa shape index (κ3) is 1.78. The summed E-state index contributed by atoms with van der Waals surface area (Å²) in [4.78, 5) is 0. The average Bonchev–Trinajstić information content (AvgIpc) is 2.94. The molecule has 18 heavy (non-hydrogen) atoms. The molecular formula is C16H21FO. The molecule has 3 rings (SSSR count). The number of hydrogen-bond donors (Lipinski definition) is 1. The number of halogens is 1. The van der Waals surface area contributed by atoms with E-state index in [1.807, 2.05) is 13.0 Å². The number of fused-ring (bicyclic) bond motifs is 2. The molecule has 1 aromatic rings. The summed E-state index contributed by atoms with van der Waals surface area (Å²) in [5.74, 6) is 1.52. The highest BCUT2D eigenvalue weighted by Crippen LogP contribution is 2.54. The van der Waals surface area contributed by atoms with Crippen molar-refractivity contribution in [3.63, 3.8) is 0 Å². The summed E-state index contributed by atoms with van der Waals surface area (Å²) in [6.07, 6.45) is 4.92. The van der Waals surface area contributed by atoms with Crippen LogP contribution in [0.4, 0.5) is 4.39 Å². The zero-order valence-corrected chi connectivity index (χ0v) is 11.1. The predicted octanol–water partition coefficient (Wildman–Crippen LogP) is 3.78. The Bertz CT molecular complexity index is 466. The number of benzene rings is 1. The van der Waals surface area contributed by atoms with Crippen LogP contribution in [0.2, 0.25) is 0 Å². The van der Waals surface area contributed by atoms with Gasteiger partial charge in [0.05, 0.1) is 5.60 Å². The van der Waals surface area contributed by atoms with E-state index in [9.17, 15) is 9.50 Å². The molecule has 4 unspecified atom stereocenters. The van der Waals surface area contributed by atoms with Crippen molar-refractivity contribution in [2.75, 3.05) is 0 Å². The van der Waals surface area contributed by atoms with Crippen molar-refractivity contribution < 1.29 is 9.50 Å². The largest absolute Gasteiger partial charge is 0.385 e. The maximum Gasteiger partial charge on any atom is 0.126 e. The van der Waals surface area contributed by atoms with E-state index in [0.29, 0.717) is 17.4 Å². The van der Waals surface area contributed by atoms with Crippen LogP contribution in [0.25, 0.3) is 0 Å². The van der Waals surface area contributed by atoms with Crippen LogP contribution >= 0.6 is 0 Å². The molecule has 2 aliphatic rings. The van der Waals surface area contributed by atoms with Crippen molar-refractivity contribution in [1.82, 2.24) is 0 Å². The van der Waals surface area contributed by atoms with E-state index in [2.05, 4.69) is 0 Å². The summed E-state index contributed by atoms with van der Waals surface area (Å²) >= 11 is 0. The van der Waals surface area contributed by atoms with Crippen LogP contribution in [0.1, 0.15) is 43.7 Å². The zero-order chi connectivity index (χ0) is 12.9. The van der Waals surface area contributed by atoms with Gasteiger partial charge in [-0.2, -0.15) is 0 Å². The van der Waals surface area contributed by atoms with E-state index < -0.39 is 5.60 Å². The minimum atomic E-state index is -0.881. The fraction of sp³-hybridized carbons (Fsp3) is 0.625. The molecule has 2 fully saturated rings. The molecule has 0 aliphatic heterocycles. The Balaban J connectivity index is 1.91. The van der Waals surface area contributed by atoms with E-state index >= 15 is 0 Å². The molecule has 2 aliphatic carbocycles. The van der Waals surface area contributed by atoms with E-state index in [-0.39, 0.29) is 5.82 Å². The summed E-state index contributed by atoms with van der Waals surface area (Å²) in [5, 5.41) is 10.9. The van der Waals surface area contributed by atoms with Crippen molar-refractivity contribution in [3.05, 3.63) is 35.1 Å². The van der Waals surface area contributed by atoms with E-state index in [1.165, 1.54) is 25.3 Å². The van der Waals surface area contributed by atoms with Crippen molar-refractivity contribution in [2.45, 2.75) is 45.1 Å². The normalized spacial score (nSPS) is 33.7. The van der Waals surface area contributed by atoms with Crippen LogP contribution in [-0.4, -0.2) is 5.11 Å². The number of aryl methyl sites for hydroxylation is 1. The van der Waals surface area contributed by atoms with Gasteiger partial charge in [-0.05, 0) is 68.1 Å². The molecule has 0 radical (unpaired) electrons. The number of aliphatic hydroxyl groups is 1. The first-order chi connectivity index (χ1) is 8.48. The molecule has 2 bridgehead atoms. The van der Waals surface area contributed by atoms with Crippen LogP contribution < -0.4 is 0 Å². The lowest BCUT2D eigenvalue weighted by Crippen LogP contribution is -2.35. The highest BCUT2D eigenvalue weighted by Gasteiger charge is 2.48. The third-order valence-electron chi connectivity index (χ3n) is 5.22. The molecule has 1 nitrogen and oxygen atoms in total. The Hall–Kier alpha value is -0.890. The monoisotopic (exact) mass is 248 g/mol. The van der Waals surface area contributed by atoms with Gasteiger partial charge in [0.2, 0.25) is 0 Å². The van der Waals surface area contributed by atoms with Gasteiger partial charge in [0.1, 0.15) is 5.82 Å². The summed E-state index contributed by atoms with van der Waals surface area (Å²) in [6, 6.07) is 5.16. The van der Waals surface area contributed by atoms with Gasteiger partial charge in [0, 0.05) is 0 Å². The molecule has 0 heterocycles. The summed E-state index contributed by atoms with van der Waals surface area (Å²) < 4.78 is 13.7. The Morgan fingerprint density at radius 2 is 2.06 bits per heavy atom. The molecule has 0 saturated heterocycles. The maximum absolute atomic E-state index is 13.7. The molecule has 1 N–H and O–H groups in total. The first kappa shape index (κ1) is 12.2. The maximum atomic E-state index is 13.7. The van der Waals surface area contributed by atoms with Gasteiger partial charge in [-0.1, -0.05) is 18.6 Å². The van der Waals surface area contributed by atoms with Crippen LogP contribution in [0.15, 0.2) is 18.2 Å². The summed E-state index contributed by atoms with van der Waals surface area (Å²) in [5.41, 5.74) is 0.500. The topological polar surface area (TPSA) is 20.2 Å². The minimum absolute atomic E-state index is 0.212. The lowest BCUT2D eigenvalue weighted by atomic mass is 9.73. The van der Waals surface area contributed by atoms with Crippen LogP contribution in [0, 0.1) is 30.5 Å². The van der Waals surface area contributed by atoms with Crippen molar-refractivity contribution in [1.29, 1.82) is 0 Å². The van der Waals surface area contributed by atoms with Crippen LogP contribution in [0.3, 0.4) is 0 Å². The molecule has 0 aromatic heterocycles. The van der Waals surface area contributed by atoms with E-state index in [4.69, 9.17) is 0 Å². The lowest BCUT2D eigenvalue weighted by Gasteiger charge is -2.36. The first-order valence-corrected chi connectivity index (χ1v) is 6.97. The van der Waals surface area contributed by atoms with Gasteiger partial charge >= 0.3 is 0 Å². The molecule has 98 valence electrons. The Labute approximate surface area is 108 Å². The SMILES string of the molecule is Cc1ccc(C(C)(O)C2CC3CCC2C3)cc1F. The second-order valence-electron chi connectivity index (χ2n) is 6.39. The van der Waals surface area contributed by atoms with Crippen LogP contribution in [0.5, 0.6) is 0 Å². The fourth-order valence-electron chi connectivity index (χ4n) is 4.05. The second kappa shape index (κ2) is 4.06. The van der Waals surface area contributed by atoms with E-state index in [0.717, 1.165) is 17.9 Å². The molecular weight excluding hydrogens is 227 g/mol. The zero-order valence-electron chi connectivity index (χ0n) is 11.1. The summed E-state index contributed by atoms with van der Waals surface area (Å²) in [6.45, 7) is 3.62. The highest BCUT2D eigenvalue weighted by molar-refractivity contribution is 5.28. The van der Waals surface area contributed by atoms with Gasteiger partial charge in [0.25, 0.3) is 0 Å². The van der Waals surface area contributed by atoms with Crippen molar-refractivity contribution in [2.24, 2.45) is 17.8 Å². The Morgan fingerprint density at radius 1 is 1.28 bits per heavy atom. The minimum Gasteiger partial charge on any atom is -0.385 e. The number of hydrogen-bond acceptors (Lipinski definition) is 1. The first-order valence-electron chi connectivity index (χ1n) is 6.97. The third-order valence-corrected chi connectivity index (χ3v) is 5.22. The van der Waals surface area contributed by atoms with Gasteiger partial charge in [-0.25, -0.2) is 4.39 Å². The van der Waals surface area contributed by atoms with E-state index in [1.54, 1.807) is 13.0 Å². The van der Waals surface area contributed by atoms with Crippen LogP contribution in [-0.2, 0) is 5.60 Å². The lowest BCUT2D eigenvalue weighted by molar-refractivity contribution is -0.0299. The quantitative estimate of drug-likeness (QED) is 0.844. The van der Waals surface area contributed by atoms with Crippen molar-refractivity contribution in [3.8, 4) is 0 Å². The molecule has 0 amide bonds. The average molecular weight is 248 g/mol. The smallest absolute Gasteiger partial charge is 0.126 e. The standard InChI is InChI=1S/C16H21FO/c1-10-3-6-13(9-15(10)17)16(2,18)14-8-11-4-5-12(14)7-11/h3,6,9,11-12,14,18H,4-5,7-8H2,1-2H3. The summed E-state index contributed by atoms with van der Waals surface area (Å²) in [7, 11) is 0. The second-order valence-corrected chi connectivity index (χ2v) is 6.39. The number of rotatable bonds is 2. The van der Waals surface area contributed by atoms with Gasteiger partial charge in [-0.3, -0.25) is 0 Å². The van der Waals surface area contributed by atoms with Gasteiger partial charge < -0.3 is 5.11 Å². The fourth-order valence-corrected chi connectivity index (χ4v) is 4.05. The molecule has 2 heteroatoms. The molecule has 4 atom stereocenters. The molecule has 0 spiro atoms.